The van der Waals surface area contributed by atoms with Gasteiger partial charge in [0.2, 0.25) is 0 Å². The van der Waals surface area contributed by atoms with Gasteiger partial charge in [0.25, 0.3) is 0 Å². The fraction of sp³-hybridized carbons (Fsp3) is 0.515. The van der Waals surface area contributed by atoms with Crippen LogP contribution in [-0.4, -0.2) is 18.3 Å². The highest BCUT2D eigenvalue weighted by Crippen LogP contribution is 2.64. The number of benzene rings is 3. The standard InChI is InChI=1S/C33H39BO2/c1-20-13-22-15-21(2)33(25(14-20)16-22)29-10-8-7-9-27(29)28-18-23-11-12-26(17-24(23)19-30(28)33)34-35-31(3,4)32(5,6)36-34/h7-12,17-22,25H,13-16H2,1-6H3. The summed E-state index contributed by atoms with van der Waals surface area (Å²) < 4.78 is 12.8. The predicted molar refractivity (Wildman–Crippen MR) is 150 cm³/mol. The van der Waals surface area contributed by atoms with Gasteiger partial charge < -0.3 is 9.31 Å². The van der Waals surface area contributed by atoms with Crippen LogP contribution in [0.3, 0.4) is 0 Å². The molecule has 2 saturated carbocycles. The minimum absolute atomic E-state index is 0.131. The zero-order valence-corrected chi connectivity index (χ0v) is 22.7. The van der Waals surface area contributed by atoms with E-state index < -0.39 is 0 Å². The molecule has 36 heavy (non-hydrogen) atoms. The van der Waals surface area contributed by atoms with Gasteiger partial charge in [0.05, 0.1) is 11.2 Å². The summed E-state index contributed by atoms with van der Waals surface area (Å²) in [4.78, 5) is 0. The first-order valence-corrected chi connectivity index (χ1v) is 14.1. The molecule has 7 rings (SSSR count). The maximum Gasteiger partial charge on any atom is 0.494 e. The Balaban J connectivity index is 1.40. The Bertz CT molecular complexity index is 1350. The van der Waals surface area contributed by atoms with Crippen LogP contribution in [0.15, 0.2) is 54.6 Å². The van der Waals surface area contributed by atoms with Crippen molar-refractivity contribution in [1.82, 2.24) is 0 Å². The number of hydrogen-bond acceptors (Lipinski definition) is 2. The monoisotopic (exact) mass is 478 g/mol. The summed E-state index contributed by atoms with van der Waals surface area (Å²) in [6.07, 6.45) is 5.50. The number of hydrogen-bond donors (Lipinski definition) is 0. The molecule has 186 valence electrons. The number of fused-ring (bicyclic) bond motifs is 9. The van der Waals surface area contributed by atoms with Crippen LogP contribution in [0.2, 0.25) is 0 Å². The highest BCUT2D eigenvalue weighted by molar-refractivity contribution is 6.62. The molecular weight excluding hydrogens is 439 g/mol. The molecule has 1 spiro atoms. The van der Waals surface area contributed by atoms with E-state index in [1.807, 2.05) is 0 Å². The lowest BCUT2D eigenvalue weighted by molar-refractivity contribution is 0.00578. The molecule has 3 fully saturated rings. The largest absolute Gasteiger partial charge is 0.494 e. The van der Waals surface area contributed by atoms with Gasteiger partial charge in [0, 0.05) is 5.41 Å². The minimum Gasteiger partial charge on any atom is -0.399 e. The lowest BCUT2D eigenvalue weighted by Gasteiger charge is -2.54. The van der Waals surface area contributed by atoms with E-state index in [9.17, 15) is 0 Å². The third-order valence-corrected chi connectivity index (χ3v) is 10.8. The fourth-order valence-corrected chi connectivity index (χ4v) is 8.60. The van der Waals surface area contributed by atoms with Crippen LogP contribution in [-0.2, 0) is 14.7 Å². The lowest BCUT2D eigenvalue weighted by atomic mass is 9.49. The summed E-state index contributed by atoms with van der Waals surface area (Å²) in [5.74, 6) is 3.09. The maximum atomic E-state index is 6.41. The summed E-state index contributed by atoms with van der Waals surface area (Å²) >= 11 is 0. The van der Waals surface area contributed by atoms with Crippen molar-refractivity contribution in [2.45, 2.75) is 83.8 Å². The first kappa shape index (κ1) is 23.1. The van der Waals surface area contributed by atoms with Crippen molar-refractivity contribution < 1.29 is 9.31 Å². The Labute approximate surface area is 216 Å². The smallest absolute Gasteiger partial charge is 0.399 e. The van der Waals surface area contributed by atoms with Crippen molar-refractivity contribution in [3.8, 4) is 11.1 Å². The van der Waals surface area contributed by atoms with Gasteiger partial charge in [-0.3, -0.25) is 0 Å². The molecule has 4 aliphatic rings. The quantitative estimate of drug-likeness (QED) is 0.337. The van der Waals surface area contributed by atoms with E-state index in [-0.39, 0.29) is 23.7 Å². The van der Waals surface area contributed by atoms with E-state index in [2.05, 4.69) is 96.1 Å². The van der Waals surface area contributed by atoms with Gasteiger partial charge in [-0.15, -0.1) is 0 Å². The van der Waals surface area contributed by atoms with Crippen molar-refractivity contribution in [3.05, 3.63) is 65.7 Å². The van der Waals surface area contributed by atoms with E-state index in [1.165, 1.54) is 47.6 Å². The van der Waals surface area contributed by atoms with Crippen LogP contribution >= 0.6 is 0 Å². The maximum absolute atomic E-state index is 6.41. The lowest BCUT2D eigenvalue weighted by Crippen LogP contribution is -2.49. The average molecular weight is 478 g/mol. The third kappa shape index (κ3) is 2.99. The van der Waals surface area contributed by atoms with E-state index >= 15 is 0 Å². The fourth-order valence-electron chi connectivity index (χ4n) is 8.60. The third-order valence-electron chi connectivity index (χ3n) is 10.8. The average Bonchev–Trinajstić information content (AvgIpc) is 3.23. The summed E-state index contributed by atoms with van der Waals surface area (Å²) in [6, 6.07) is 21.1. The van der Waals surface area contributed by atoms with Crippen molar-refractivity contribution in [2.75, 3.05) is 0 Å². The second-order valence-corrected chi connectivity index (χ2v) is 13.5. The molecule has 0 radical (unpaired) electrons. The van der Waals surface area contributed by atoms with Gasteiger partial charge in [0.1, 0.15) is 0 Å². The molecule has 3 heteroatoms. The molecule has 0 N–H and O–H groups in total. The first-order valence-electron chi connectivity index (χ1n) is 14.1. The summed E-state index contributed by atoms with van der Waals surface area (Å²) in [5.41, 5.74) is 6.68. The van der Waals surface area contributed by atoms with Gasteiger partial charge in [0.15, 0.2) is 0 Å². The second kappa shape index (κ2) is 7.48. The molecule has 0 aromatic heterocycles. The highest BCUT2D eigenvalue weighted by Gasteiger charge is 2.56. The van der Waals surface area contributed by atoms with Gasteiger partial charge in [-0.25, -0.2) is 0 Å². The molecule has 1 heterocycles. The molecule has 5 unspecified atom stereocenters. The van der Waals surface area contributed by atoms with Crippen LogP contribution in [0, 0.1) is 23.7 Å². The minimum atomic E-state index is -0.331. The van der Waals surface area contributed by atoms with E-state index in [0.29, 0.717) is 5.92 Å². The van der Waals surface area contributed by atoms with Gasteiger partial charge in [-0.05, 0) is 128 Å². The van der Waals surface area contributed by atoms with E-state index in [4.69, 9.17) is 9.31 Å². The van der Waals surface area contributed by atoms with Crippen LogP contribution < -0.4 is 5.46 Å². The van der Waals surface area contributed by atoms with Gasteiger partial charge in [-0.2, -0.15) is 0 Å². The zero-order chi connectivity index (χ0) is 25.0. The van der Waals surface area contributed by atoms with Crippen molar-refractivity contribution in [2.24, 2.45) is 23.7 Å². The SMILES string of the molecule is CC1CC2CC(C)C3(c4ccccc4-c4cc5ccc(B6OC(C)(C)C(C)(C)O6)cc5cc43)C(C1)C2. The van der Waals surface area contributed by atoms with E-state index in [1.54, 1.807) is 11.1 Å². The second-order valence-electron chi connectivity index (χ2n) is 13.5. The normalized spacial score (nSPS) is 33.7. The van der Waals surface area contributed by atoms with Crippen molar-refractivity contribution in [1.29, 1.82) is 0 Å². The Hall–Kier alpha value is -2.10. The molecule has 3 aromatic carbocycles. The molecule has 2 nitrogen and oxygen atoms in total. The van der Waals surface area contributed by atoms with E-state index in [0.717, 1.165) is 23.2 Å². The Morgan fingerprint density at radius 3 is 2.25 bits per heavy atom. The zero-order valence-electron chi connectivity index (χ0n) is 22.7. The first-order chi connectivity index (χ1) is 17.1. The van der Waals surface area contributed by atoms with Gasteiger partial charge >= 0.3 is 7.12 Å². The molecular formula is C33H39BO2. The molecule has 1 saturated heterocycles. The molecule has 5 atom stereocenters. The summed E-state index contributed by atoms with van der Waals surface area (Å²) in [5, 5.41) is 2.62. The molecule has 1 aliphatic heterocycles. The molecule has 3 aromatic rings. The van der Waals surface area contributed by atoms with Crippen LogP contribution in [0.4, 0.5) is 0 Å². The predicted octanol–water partition coefficient (Wildman–Crippen LogP) is 7.50. The van der Waals surface area contributed by atoms with Crippen molar-refractivity contribution >= 4 is 23.4 Å². The molecule has 2 bridgehead atoms. The molecule has 0 amide bonds. The highest BCUT2D eigenvalue weighted by atomic mass is 16.7. The van der Waals surface area contributed by atoms with Crippen LogP contribution in [0.1, 0.15) is 78.4 Å². The van der Waals surface area contributed by atoms with Gasteiger partial charge in [-0.1, -0.05) is 56.3 Å². The van der Waals surface area contributed by atoms with Crippen LogP contribution in [0.5, 0.6) is 0 Å². The summed E-state index contributed by atoms with van der Waals surface area (Å²) in [7, 11) is -0.327. The molecule has 3 aliphatic carbocycles. The Kier molecular flexibility index (Phi) is 4.79. The Morgan fingerprint density at radius 2 is 1.47 bits per heavy atom. The van der Waals surface area contributed by atoms with Crippen LogP contribution in [0.25, 0.3) is 21.9 Å². The number of rotatable bonds is 1. The van der Waals surface area contributed by atoms with Crippen molar-refractivity contribution in [3.63, 3.8) is 0 Å². The Morgan fingerprint density at radius 1 is 0.722 bits per heavy atom. The summed E-state index contributed by atoms with van der Waals surface area (Å²) in [6.45, 7) is 13.6. The topological polar surface area (TPSA) is 18.5 Å².